The van der Waals surface area contributed by atoms with E-state index in [1.807, 2.05) is 17.0 Å². The van der Waals surface area contributed by atoms with E-state index in [1.165, 1.54) is 0 Å². The SMILES string of the molecule is COc1ccc(OC)c2c1CN(C(=S)NC[C@H]1CCCO1)C[C@@H]2O. The number of aliphatic hydroxyl groups is 1. The van der Waals surface area contributed by atoms with Crippen LogP contribution in [0.2, 0.25) is 0 Å². The zero-order chi connectivity index (χ0) is 17.1. The van der Waals surface area contributed by atoms with Crippen molar-refractivity contribution in [3.05, 3.63) is 23.3 Å². The Kier molecular flexibility index (Phi) is 5.43. The highest BCUT2D eigenvalue weighted by molar-refractivity contribution is 7.80. The number of nitrogens with one attached hydrogen (secondary N) is 1. The number of β-amino-alcohol motifs (C(OH)–C–C–N with tert-alkyl or cyclic N) is 1. The van der Waals surface area contributed by atoms with Crippen LogP contribution >= 0.6 is 12.2 Å². The molecule has 2 aliphatic heterocycles. The molecule has 2 atom stereocenters. The lowest BCUT2D eigenvalue weighted by molar-refractivity contribution is 0.109. The highest BCUT2D eigenvalue weighted by Crippen LogP contribution is 2.39. The molecule has 0 aromatic heterocycles. The summed E-state index contributed by atoms with van der Waals surface area (Å²) in [4.78, 5) is 1.96. The minimum Gasteiger partial charge on any atom is -0.496 e. The van der Waals surface area contributed by atoms with Crippen molar-refractivity contribution in [3.8, 4) is 11.5 Å². The summed E-state index contributed by atoms with van der Waals surface area (Å²) in [6.07, 6.45) is 1.71. The number of ether oxygens (including phenoxy) is 3. The summed E-state index contributed by atoms with van der Waals surface area (Å²) in [5.41, 5.74) is 1.70. The van der Waals surface area contributed by atoms with E-state index >= 15 is 0 Å². The van der Waals surface area contributed by atoms with Gasteiger partial charge in [0.15, 0.2) is 5.11 Å². The molecule has 1 saturated heterocycles. The smallest absolute Gasteiger partial charge is 0.169 e. The van der Waals surface area contributed by atoms with Gasteiger partial charge in [-0.05, 0) is 37.2 Å². The Hall–Kier alpha value is -1.57. The molecule has 1 aromatic carbocycles. The van der Waals surface area contributed by atoms with E-state index in [-0.39, 0.29) is 6.10 Å². The van der Waals surface area contributed by atoms with E-state index in [0.717, 1.165) is 36.3 Å². The molecule has 0 spiro atoms. The van der Waals surface area contributed by atoms with Crippen LogP contribution in [0.15, 0.2) is 12.1 Å². The zero-order valence-electron chi connectivity index (χ0n) is 14.1. The molecule has 2 heterocycles. The Morgan fingerprint density at radius 1 is 1.38 bits per heavy atom. The Labute approximate surface area is 147 Å². The van der Waals surface area contributed by atoms with Crippen LogP contribution < -0.4 is 14.8 Å². The number of aliphatic hydroxyl groups excluding tert-OH is 1. The van der Waals surface area contributed by atoms with Crippen LogP contribution in [-0.2, 0) is 11.3 Å². The summed E-state index contributed by atoms with van der Waals surface area (Å²) < 4.78 is 16.5. The van der Waals surface area contributed by atoms with Gasteiger partial charge in [-0.3, -0.25) is 0 Å². The van der Waals surface area contributed by atoms with Crippen LogP contribution in [0.5, 0.6) is 11.5 Å². The van der Waals surface area contributed by atoms with Gasteiger partial charge in [-0.1, -0.05) is 0 Å². The summed E-state index contributed by atoms with van der Waals surface area (Å²) in [7, 11) is 3.23. The first-order chi connectivity index (χ1) is 11.6. The van der Waals surface area contributed by atoms with Crippen LogP contribution in [0.1, 0.15) is 30.1 Å². The molecule has 0 aliphatic carbocycles. The number of nitrogens with zero attached hydrogens (tertiary/aromatic N) is 1. The van der Waals surface area contributed by atoms with Crippen molar-refractivity contribution in [1.29, 1.82) is 0 Å². The van der Waals surface area contributed by atoms with Gasteiger partial charge < -0.3 is 29.5 Å². The summed E-state index contributed by atoms with van der Waals surface area (Å²) in [6, 6.07) is 3.68. The summed E-state index contributed by atoms with van der Waals surface area (Å²) >= 11 is 5.51. The van der Waals surface area contributed by atoms with Gasteiger partial charge in [-0.25, -0.2) is 0 Å². The largest absolute Gasteiger partial charge is 0.496 e. The number of methoxy groups -OCH3 is 2. The van der Waals surface area contributed by atoms with Crippen molar-refractivity contribution in [2.75, 3.05) is 33.9 Å². The molecule has 0 unspecified atom stereocenters. The number of hydrogen-bond acceptors (Lipinski definition) is 5. The van der Waals surface area contributed by atoms with Gasteiger partial charge in [-0.2, -0.15) is 0 Å². The van der Waals surface area contributed by atoms with Crippen LogP contribution in [0.25, 0.3) is 0 Å². The highest BCUT2D eigenvalue weighted by Gasteiger charge is 2.31. The maximum absolute atomic E-state index is 10.6. The van der Waals surface area contributed by atoms with Crippen LogP contribution in [-0.4, -0.2) is 55.1 Å². The van der Waals surface area contributed by atoms with Crippen molar-refractivity contribution in [3.63, 3.8) is 0 Å². The van der Waals surface area contributed by atoms with Gasteiger partial charge in [0.2, 0.25) is 0 Å². The van der Waals surface area contributed by atoms with Crippen LogP contribution in [0.4, 0.5) is 0 Å². The lowest BCUT2D eigenvalue weighted by atomic mass is 9.95. The summed E-state index contributed by atoms with van der Waals surface area (Å²) in [5, 5.41) is 14.5. The molecule has 1 fully saturated rings. The van der Waals surface area contributed by atoms with E-state index in [2.05, 4.69) is 5.32 Å². The van der Waals surface area contributed by atoms with E-state index in [0.29, 0.717) is 30.5 Å². The van der Waals surface area contributed by atoms with E-state index in [9.17, 15) is 5.11 Å². The average molecular weight is 352 g/mol. The van der Waals surface area contributed by atoms with Crippen LogP contribution in [0, 0.1) is 0 Å². The van der Waals surface area contributed by atoms with Gasteiger partial charge in [0.05, 0.1) is 26.9 Å². The Bertz CT molecular complexity index is 604. The number of hydrogen-bond donors (Lipinski definition) is 2. The highest BCUT2D eigenvalue weighted by atomic mass is 32.1. The maximum Gasteiger partial charge on any atom is 0.169 e. The van der Waals surface area contributed by atoms with Crippen molar-refractivity contribution in [2.45, 2.75) is 31.6 Å². The third-order valence-electron chi connectivity index (χ3n) is 4.58. The number of fused-ring (bicyclic) bond motifs is 1. The maximum atomic E-state index is 10.6. The summed E-state index contributed by atoms with van der Waals surface area (Å²) in [5.74, 6) is 1.41. The standard InChI is InChI=1S/C17H24N2O4S/c1-21-14-5-6-15(22-2)16-12(14)9-19(10-13(16)20)17(24)18-8-11-4-3-7-23-11/h5-6,11,13,20H,3-4,7-10H2,1-2H3,(H,18,24)/t11-,13+/m1/s1. The fraction of sp³-hybridized carbons (Fsp3) is 0.588. The van der Waals surface area contributed by atoms with E-state index in [1.54, 1.807) is 14.2 Å². The van der Waals surface area contributed by atoms with Gasteiger partial charge in [-0.15, -0.1) is 0 Å². The van der Waals surface area contributed by atoms with Crippen molar-refractivity contribution >= 4 is 17.3 Å². The van der Waals surface area contributed by atoms with E-state index < -0.39 is 6.10 Å². The topological polar surface area (TPSA) is 63.2 Å². The Morgan fingerprint density at radius 2 is 2.12 bits per heavy atom. The van der Waals surface area contributed by atoms with Crippen molar-refractivity contribution in [1.82, 2.24) is 10.2 Å². The lowest BCUT2D eigenvalue weighted by Gasteiger charge is -2.35. The molecule has 0 saturated carbocycles. The Morgan fingerprint density at radius 3 is 2.79 bits per heavy atom. The molecular formula is C17H24N2O4S. The molecule has 24 heavy (non-hydrogen) atoms. The fourth-order valence-electron chi connectivity index (χ4n) is 3.35. The lowest BCUT2D eigenvalue weighted by Crippen LogP contribution is -2.46. The molecule has 2 N–H and O–H groups in total. The number of benzene rings is 1. The van der Waals surface area contributed by atoms with Gasteiger partial charge in [0, 0.05) is 30.8 Å². The fourth-order valence-corrected chi connectivity index (χ4v) is 3.57. The second kappa shape index (κ2) is 7.55. The first kappa shape index (κ1) is 17.3. The minimum absolute atomic E-state index is 0.222. The molecule has 1 aromatic rings. The summed E-state index contributed by atoms with van der Waals surface area (Å²) in [6.45, 7) is 2.53. The molecule has 0 amide bonds. The second-order valence-corrected chi connectivity index (χ2v) is 6.47. The monoisotopic (exact) mass is 352 g/mol. The van der Waals surface area contributed by atoms with Gasteiger partial charge in [0.25, 0.3) is 0 Å². The zero-order valence-corrected chi connectivity index (χ0v) is 14.9. The molecule has 3 rings (SSSR count). The number of thiocarbonyl (C=S) groups is 1. The normalized spacial score (nSPS) is 22.9. The van der Waals surface area contributed by atoms with Crippen LogP contribution in [0.3, 0.4) is 0 Å². The predicted octanol–water partition coefficient (Wildman–Crippen LogP) is 1.61. The molecule has 2 aliphatic rings. The van der Waals surface area contributed by atoms with E-state index in [4.69, 9.17) is 26.4 Å². The predicted molar refractivity (Wildman–Crippen MR) is 94.5 cm³/mol. The quantitative estimate of drug-likeness (QED) is 0.798. The van der Waals surface area contributed by atoms with Gasteiger partial charge in [0.1, 0.15) is 17.6 Å². The number of rotatable bonds is 4. The molecule has 0 radical (unpaired) electrons. The average Bonchev–Trinajstić information content (AvgIpc) is 3.12. The Balaban J connectivity index is 1.74. The first-order valence-electron chi connectivity index (χ1n) is 8.20. The third kappa shape index (κ3) is 3.43. The first-order valence-corrected chi connectivity index (χ1v) is 8.61. The van der Waals surface area contributed by atoms with Crippen molar-refractivity contribution in [2.24, 2.45) is 0 Å². The third-order valence-corrected chi connectivity index (χ3v) is 4.98. The van der Waals surface area contributed by atoms with Gasteiger partial charge >= 0.3 is 0 Å². The second-order valence-electron chi connectivity index (χ2n) is 6.08. The molecule has 6 nitrogen and oxygen atoms in total. The molecule has 0 bridgehead atoms. The molecular weight excluding hydrogens is 328 g/mol. The minimum atomic E-state index is -0.679. The molecule has 7 heteroatoms. The van der Waals surface area contributed by atoms with Crippen molar-refractivity contribution < 1.29 is 19.3 Å². The molecule has 132 valence electrons.